The molecule has 1 aliphatic heterocycles. The van der Waals surface area contributed by atoms with E-state index in [4.69, 9.17) is 4.74 Å². The summed E-state index contributed by atoms with van der Waals surface area (Å²) in [6, 6.07) is 19.2. The van der Waals surface area contributed by atoms with E-state index in [2.05, 4.69) is 53.8 Å². The number of para-hydroxylation sites is 1. The molecule has 2 aromatic rings. The number of hydrogen-bond donors (Lipinski definition) is 1. The van der Waals surface area contributed by atoms with E-state index in [-0.39, 0.29) is 6.10 Å². The van der Waals surface area contributed by atoms with Gasteiger partial charge >= 0.3 is 0 Å². The van der Waals surface area contributed by atoms with Gasteiger partial charge < -0.3 is 10.1 Å². The van der Waals surface area contributed by atoms with Gasteiger partial charge in [0.05, 0.1) is 0 Å². The lowest BCUT2D eigenvalue weighted by molar-refractivity contribution is 0.169. The van der Waals surface area contributed by atoms with Crippen molar-refractivity contribution >= 4 is 11.8 Å². The summed E-state index contributed by atoms with van der Waals surface area (Å²) in [5.41, 5.74) is 1.35. The maximum absolute atomic E-state index is 6.17. The Morgan fingerprint density at radius 1 is 1.15 bits per heavy atom. The Labute approximate surface area is 124 Å². The van der Waals surface area contributed by atoms with Crippen LogP contribution in [0.5, 0.6) is 5.75 Å². The summed E-state index contributed by atoms with van der Waals surface area (Å²) in [6.07, 6.45) is 1.20. The average Bonchev–Trinajstić information content (AvgIpc) is 2.53. The van der Waals surface area contributed by atoms with Crippen molar-refractivity contribution in [2.75, 3.05) is 12.8 Å². The van der Waals surface area contributed by atoms with Crippen LogP contribution in [-0.2, 0) is 6.42 Å². The molecule has 1 N–H and O–H groups in total. The van der Waals surface area contributed by atoms with Gasteiger partial charge in [-0.2, -0.15) is 0 Å². The van der Waals surface area contributed by atoms with Crippen LogP contribution in [0.2, 0.25) is 0 Å². The van der Waals surface area contributed by atoms with E-state index in [1.807, 2.05) is 24.9 Å². The third-order valence-corrected chi connectivity index (χ3v) is 4.79. The van der Waals surface area contributed by atoms with E-state index >= 15 is 0 Å². The van der Waals surface area contributed by atoms with Crippen LogP contribution in [0.1, 0.15) is 5.56 Å². The van der Waals surface area contributed by atoms with Crippen LogP contribution < -0.4 is 10.1 Å². The molecule has 2 atom stereocenters. The second-order valence-corrected chi connectivity index (χ2v) is 6.06. The summed E-state index contributed by atoms with van der Waals surface area (Å²) in [5.74, 6) is 2.01. The minimum absolute atomic E-state index is 0.208. The first-order valence-corrected chi connectivity index (χ1v) is 7.95. The topological polar surface area (TPSA) is 21.3 Å². The molecule has 0 saturated heterocycles. The highest BCUT2D eigenvalue weighted by Gasteiger charge is 2.27. The predicted molar refractivity (Wildman–Crippen MR) is 84.6 cm³/mol. The highest BCUT2D eigenvalue weighted by Crippen LogP contribution is 2.35. The van der Waals surface area contributed by atoms with E-state index < -0.39 is 0 Å². The lowest BCUT2D eigenvalue weighted by Gasteiger charge is -2.31. The summed E-state index contributed by atoms with van der Waals surface area (Å²) in [7, 11) is 2.02. The first-order valence-electron chi connectivity index (χ1n) is 6.96. The molecular weight excluding hydrogens is 266 g/mol. The number of ether oxygens (including phenoxy) is 1. The quantitative estimate of drug-likeness (QED) is 0.930. The zero-order valence-electron chi connectivity index (χ0n) is 11.6. The zero-order chi connectivity index (χ0) is 13.8. The number of likely N-dealkylation sites (N-methyl/N-ethyl adjacent to an activating group) is 1. The fourth-order valence-corrected chi connectivity index (χ4v) is 3.60. The van der Waals surface area contributed by atoms with E-state index in [9.17, 15) is 0 Å². The van der Waals surface area contributed by atoms with Gasteiger partial charge in [-0.1, -0.05) is 42.5 Å². The Hall–Kier alpha value is -1.45. The Morgan fingerprint density at radius 2 is 1.90 bits per heavy atom. The van der Waals surface area contributed by atoms with Crippen molar-refractivity contribution in [1.82, 2.24) is 5.32 Å². The molecule has 0 spiro atoms. The Morgan fingerprint density at radius 3 is 2.70 bits per heavy atom. The molecule has 2 aromatic carbocycles. The van der Waals surface area contributed by atoms with E-state index in [1.54, 1.807) is 0 Å². The van der Waals surface area contributed by atoms with Crippen molar-refractivity contribution in [2.24, 2.45) is 0 Å². The van der Waals surface area contributed by atoms with Gasteiger partial charge in [0.25, 0.3) is 0 Å². The van der Waals surface area contributed by atoms with Crippen molar-refractivity contribution in [3.05, 3.63) is 60.2 Å². The number of thioether (sulfide) groups is 1. The molecule has 3 heteroatoms. The number of fused-ring (bicyclic) bond motifs is 1. The first-order chi connectivity index (χ1) is 9.86. The fourth-order valence-electron chi connectivity index (χ4n) is 2.52. The average molecular weight is 285 g/mol. The molecule has 0 aromatic heterocycles. The summed E-state index contributed by atoms with van der Waals surface area (Å²) in [4.78, 5) is 1.25. The van der Waals surface area contributed by atoms with Gasteiger partial charge in [0, 0.05) is 16.7 Å². The van der Waals surface area contributed by atoms with Crippen LogP contribution in [-0.4, -0.2) is 24.9 Å². The molecular formula is C17H19NOS. The predicted octanol–water partition coefficient (Wildman–Crippen LogP) is 3.37. The molecule has 0 amide bonds. The van der Waals surface area contributed by atoms with Gasteiger partial charge in [-0.3, -0.25) is 0 Å². The second kappa shape index (κ2) is 6.33. The molecule has 0 saturated carbocycles. The standard InChI is InChI=1S/C17H19NOS/c1-18-14(11-13-7-3-2-4-8-13)16-12-20-17-10-6-5-9-15(17)19-16/h2-10,14,16,18H,11-12H2,1H3. The highest BCUT2D eigenvalue weighted by atomic mass is 32.2. The van der Waals surface area contributed by atoms with E-state index in [0.717, 1.165) is 17.9 Å². The normalized spacial score (nSPS) is 18.9. The molecule has 0 radical (unpaired) electrons. The zero-order valence-corrected chi connectivity index (χ0v) is 12.4. The molecule has 1 heterocycles. The van der Waals surface area contributed by atoms with Crippen LogP contribution in [0, 0.1) is 0 Å². The maximum atomic E-state index is 6.17. The second-order valence-electron chi connectivity index (χ2n) is 5.00. The lowest BCUT2D eigenvalue weighted by atomic mass is 10.0. The van der Waals surface area contributed by atoms with Crippen molar-refractivity contribution < 1.29 is 4.74 Å². The number of rotatable bonds is 4. The van der Waals surface area contributed by atoms with Gasteiger partial charge in [0.15, 0.2) is 0 Å². The number of benzene rings is 2. The lowest BCUT2D eigenvalue weighted by Crippen LogP contribution is -2.45. The Bertz CT molecular complexity index is 558. The van der Waals surface area contributed by atoms with E-state index in [1.165, 1.54) is 10.5 Å². The van der Waals surface area contributed by atoms with Gasteiger partial charge in [0.1, 0.15) is 11.9 Å². The monoisotopic (exact) mass is 285 g/mol. The Kier molecular flexibility index (Phi) is 4.28. The minimum Gasteiger partial charge on any atom is -0.487 e. The summed E-state index contributed by atoms with van der Waals surface area (Å²) < 4.78 is 6.17. The van der Waals surface area contributed by atoms with E-state index in [0.29, 0.717) is 6.04 Å². The third kappa shape index (κ3) is 3.00. The van der Waals surface area contributed by atoms with Crippen LogP contribution >= 0.6 is 11.8 Å². The van der Waals surface area contributed by atoms with Crippen LogP contribution in [0.3, 0.4) is 0 Å². The van der Waals surface area contributed by atoms with Crippen molar-refractivity contribution in [1.29, 1.82) is 0 Å². The van der Waals surface area contributed by atoms with Crippen molar-refractivity contribution in [3.63, 3.8) is 0 Å². The first kappa shape index (κ1) is 13.5. The molecule has 3 rings (SSSR count). The van der Waals surface area contributed by atoms with Gasteiger partial charge in [-0.15, -0.1) is 11.8 Å². The van der Waals surface area contributed by atoms with Crippen LogP contribution in [0.15, 0.2) is 59.5 Å². The number of hydrogen-bond acceptors (Lipinski definition) is 3. The molecule has 1 aliphatic rings. The smallest absolute Gasteiger partial charge is 0.133 e. The Balaban J connectivity index is 1.72. The maximum Gasteiger partial charge on any atom is 0.133 e. The molecule has 0 fully saturated rings. The molecule has 20 heavy (non-hydrogen) atoms. The number of nitrogens with one attached hydrogen (secondary N) is 1. The van der Waals surface area contributed by atoms with Crippen LogP contribution in [0.4, 0.5) is 0 Å². The summed E-state index contributed by atoms with van der Waals surface area (Å²) in [5, 5.41) is 3.41. The van der Waals surface area contributed by atoms with Gasteiger partial charge in [-0.05, 0) is 31.2 Å². The van der Waals surface area contributed by atoms with Crippen LogP contribution in [0.25, 0.3) is 0 Å². The van der Waals surface area contributed by atoms with Crippen molar-refractivity contribution in [3.8, 4) is 5.75 Å². The summed E-state index contributed by atoms with van der Waals surface area (Å²) in [6.45, 7) is 0. The molecule has 104 valence electrons. The molecule has 2 unspecified atom stereocenters. The molecule has 2 nitrogen and oxygen atoms in total. The largest absolute Gasteiger partial charge is 0.487 e. The minimum atomic E-state index is 0.208. The van der Waals surface area contributed by atoms with Crippen molar-refractivity contribution in [2.45, 2.75) is 23.5 Å². The SMILES string of the molecule is CNC(Cc1ccccc1)C1CSc2ccccc2O1. The molecule has 0 aliphatic carbocycles. The van der Waals surface area contributed by atoms with Gasteiger partial charge in [-0.25, -0.2) is 0 Å². The molecule has 0 bridgehead atoms. The summed E-state index contributed by atoms with van der Waals surface area (Å²) >= 11 is 1.89. The highest BCUT2D eigenvalue weighted by molar-refractivity contribution is 7.99. The fraction of sp³-hybridized carbons (Fsp3) is 0.294. The van der Waals surface area contributed by atoms with Gasteiger partial charge in [0.2, 0.25) is 0 Å². The third-order valence-electron chi connectivity index (χ3n) is 3.65.